The van der Waals surface area contributed by atoms with Crippen molar-refractivity contribution >= 4 is 28.4 Å². The third-order valence-corrected chi connectivity index (χ3v) is 2.73. The van der Waals surface area contributed by atoms with Gasteiger partial charge in [0.1, 0.15) is 5.75 Å². The molecular weight excluding hydrogens is 228 g/mol. The summed E-state index contributed by atoms with van der Waals surface area (Å²) in [6, 6.07) is 8.28. The van der Waals surface area contributed by atoms with E-state index in [1.807, 2.05) is 6.92 Å². The van der Waals surface area contributed by atoms with Crippen LogP contribution < -0.4 is 22.5 Å². The van der Waals surface area contributed by atoms with Crippen LogP contribution >= 0.6 is 0 Å². The number of benzene rings is 2. The Labute approximate surface area is 105 Å². The van der Waals surface area contributed by atoms with E-state index in [1.165, 1.54) is 6.07 Å². The van der Waals surface area contributed by atoms with Crippen molar-refractivity contribution in [1.29, 1.82) is 0 Å². The number of hydrogen-bond donors (Lipinski definition) is 5. The van der Waals surface area contributed by atoms with Crippen molar-refractivity contribution in [1.82, 2.24) is 0 Å². The summed E-state index contributed by atoms with van der Waals surface area (Å²) < 4.78 is 0. The Bertz CT molecular complexity index is 596. The van der Waals surface area contributed by atoms with Crippen LogP contribution in [0.3, 0.4) is 0 Å². The standard InChI is InChI=1S/C13H16N4O/c1-7-4-10(16)11(6-9(7)15)17-12-5-8(14)2-3-13(12)18/h2-6,17-18H,14-16H2,1H3. The number of phenols is 1. The first-order valence-corrected chi connectivity index (χ1v) is 5.48. The van der Waals surface area contributed by atoms with Crippen molar-refractivity contribution < 1.29 is 5.11 Å². The van der Waals surface area contributed by atoms with Crippen LogP contribution in [-0.4, -0.2) is 5.11 Å². The van der Waals surface area contributed by atoms with E-state index in [4.69, 9.17) is 17.2 Å². The van der Waals surface area contributed by atoms with E-state index in [0.29, 0.717) is 28.4 Å². The summed E-state index contributed by atoms with van der Waals surface area (Å²) >= 11 is 0. The molecule has 18 heavy (non-hydrogen) atoms. The molecule has 0 aliphatic heterocycles. The quantitative estimate of drug-likeness (QED) is 0.316. The zero-order valence-corrected chi connectivity index (χ0v) is 10.1. The van der Waals surface area contributed by atoms with Gasteiger partial charge in [-0.1, -0.05) is 0 Å². The van der Waals surface area contributed by atoms with Crippen molar-refractivity contribution in [2.45, 2.75) is 6.92 Å². The average Bonchev–Trinajstić information content (AvgIpc) is 2.30. The number of aromatic hydroxyl groups is 1. The van der Waals surface area contributed by atoms with Crippen LogP contribution in [0.25, 0.3) is 0 Å². The Hall–Kier alpha value is -2.56. The third-order valence-electron chi connectivity index (χ3n) is 2.73. The molecule has 0 saturated heterocycles. The number of nitrogen functional groups attached to an aromatic ring is 3. The van der Waals surface area contributed by atoms with Gasteiger partial charge in [0.25, 0.3) is 0 Å². The molecule has 0 heterocycles. The molecule has 94 valence electrons. The second kappa shape index (κ2) is 4.37. The lowest BCUT2D eigenvalue weighted by molar-refractivity contribution is 0.478. The molecule has 0 saturated carbocycles. The van der Waals surface area contributed by atoms with Crippen LogP contribution in [0, 0.1) is 6.92 Å². The minimum atomic E-state index is 0.0998. The first-order chi connectivity index (χ1) is 8.47. The SMILES string of the molecule is Cc1cc(N)c(Nc2cc(N)ccc2O)cc1N. The first-order valence-electron chi connectivity index (χ1n) is 5.48. The second-order valence-electron chi connectivity index (χ2n) is 4.20. The van der Waals surface area contributed by atoms with Crippen molar-refractivity contribution in [3.8, 4) is 5.75 Å². The number of nitrogens with two attached hydrogens (primary N) is 3. The van der Waals surface area contributed by atoms with Gasteiger partial charge >= 0.3 is 0 Å². The Morgan fingerprint density at radius 2 is 1.67 bits per heavy atom. The molecule has 2 aromatic rings. The molecule has 0 aliphatic rings. The molecule has 0 radical (unpaired) electrons. The minimum absolute atomic E-state index is 0.0998. The van der Waals surface area contributed by atoms with Gasteiger partial charge in [-0.2, -0.15) is 0 Å². The smallest absolute Gasteiger partial charge is 0.139 e. The monoisotopic (exact) mass is 244 g/mol. The maximum atomic E-state index is 9.72. The van der Waals surface area contributed by atoms with Crippen LogP contribution in [0.4, 0.5) is 28.4 Å². The molecule has 5 nitrogen and oxygen atoms in total. The Morgan fingerprint density at radius 1 is 0.944 bits per heavy atom. The summed E-state index contributed by atoms with van der Waals surface area (Å²) in [5, 5.41) is 12.7. The van der Waals surface area contributed by atoms with Crippen LogP contribution in [0.2, 0.25) is 0 Å². The summed E-state index contributed by atoms with van der Waals surface area (Å²) in [5.74, 6) is 0.0998. The Balaban J connectivity index is 2.40. The van der Waals surface area contributed by atoms with Gasteiger partial charge in [-0.05, 0) is 42.8 Å². The van der Waals surface area contributed by atoms with Gasteiger partial charge in [0.05, 0.1) is 17.1 Å². The number of nitrogens with one attached hydrogen (secondary N) is 1. The predicted molar refractivity (Wildman–Crippen MR) is 75.8 cm³/mol. The Kier molecular flexibility index (Phi) is 2.89. The van der Waals surface area contributed by atoms with Gasteiger partial charge in [-0.25, -0.2) is 0 Å². The molecule has 0 bridgehead atoms. The summed E-state index contributed by atoms with van der Waals surface area (Å²) in [6.45, 7) is 1.88. The normalized spacial score (nSPS) is 10.3. The molecule has 0 unspecified atom stereocenters. The number of anilines is 5. The van der Waals surface area contributed by atoms with Gasteiger partial charge in [-0.15, -0.1) is 0 Å². The lowest BCUT2D eigenvalue weighted by Gasteiger charge is -2.13. The highest BCUT2D eigenvalue weighted by atomic mass is 16.3. The van der Waals surface area contributed by atoms with Crippen molar-refractivity contribution in [3.63, 3.8) is 0 Å². The zero-order chi connectivity index (χ0) is 13.3. The first kappa shape index (κ1) is 11.9. The largest absolute Gasteiger partial charge is 0.506 e. The molecule has 0 atom stereocenters. The van der Waals surface area contributed by atoms with Crippen LogP contribution in [0.5, 0.6) is 5.75 Å². The highest BCUT2D eigenvalue weighted by Gasteiger charge is 2.06. The highest BCUT2D eigenvalue weighted by Crippen LogP contribution is 2.32. The molecule has 8 N–H and O–H groups in total. The molecule has 2 aromatic carbocycles. The maximum absolute atomic E-state index is 9.72. The third kappa shape index (κ3) is 2.24. The van der Waals surface area contributed by atoms with E-state index in [2.05, 4.69) is 5.32 Å². The fraction of sp³-hybridized carbons (Fsp3) is 0.0769. The van der Waals surface area contributed by atoms with E-state index in [0.717, 1.165) is 5.56 Å². The topological polar surface area (TPSA) is 110 Å². The fourth-order valence-corrected chi connectivity index (χ4v) is 1.65. The van der Waals surface area contributed by atoms with Gasteiger partial charge in [-0.3, -0.25) is 0 Å². The summed E-state index contributed by atoms with van der Waals surface area (Å²) in [5.41, 5.74) is 21.2. The Morgan fingerprint density at radius 3 is 2.39 bits per heavy atom. The molecule has 0 spiro atoms. The molecule has 0 amide bonds. The van der Waals surface area contributed by atoms with Crippen LogP contribution in [0.15, 0.2) is 30.3 Å². The van der Waals surface area contributed by atoms with Gasteiger partial charge < -0.3 is 27.6 Å². The molecule has 0 aliphatic carbocycles. The molecular formula is C13H16N4O. The molecule has 0 aromatic heterocycles. The second-order valence-corrected chi connectivity index (χ2v) is 4.20. The van der Waals surface area contributed by atoms with Gasteiger partial charge in [0.2, 0.25) is 0 Å². The number of aryl methyl sites for hydroxylation is 1. The average molecular weight is 244 g/mol. The minimum Gasteiger partial charge on any atom is -0.506 e. The van der Waals surface area contributed by atoms with Crippen molar-refractivity contribution in [2.24, 2.45) is 0 Å². The fourth-order valence-electron chi connectivity index (χ4n) is 1.65. The highest BCUT2D eigenvalue weighted by molar-refractivity contribution is 5.80. The van der Waals surface area contributed by atoms with Crippen LogP contribution in [0.1, 0.15) is 5.56 Å². The molecule has 2 rings (SSSR count). The number of hydrogen-bond acceptors (Lipinski definition) is 5. The lowest BCUT2D eigenvalue weighted by atomic mass is 10.1. The maximum Gasteiger partial charge on any atom is 0.139 e. The van der Waals surface area contributed by atoms with E-state index in [9.17, 15) is 5.11 Å². The predicted octanol–water partition coefficient (Wildman–Crippen LogP) is 2.19. The van der Waals surface area contributed by atoms with Crippen molar-refractivity contribution in [2.75, 3.05) is 22.5 Å². The summed E-state index contributed by atoms with van der Waals surface area (Å²) in [7, 11) is 0. The van der Waals surface area contributed by atoms with Gasteiger partial charge in [0.15, 0.2) is 0 Å². The van der Waals surface area contributed by atoms with Gasteiger partial charge in [0, 0.05) is 11.4 Å². The zero-order valence-electron chi connectivity index (χ0n) is 10.1. The number of phenolic OH excluding ortho intramolecular Hbond substituents is 1. The van der Waals surface area contributed by atoms with E-state index < -0.39 is 0 Å². The van der Waals surface area contributed by atoms with E-state index >= 15 is 0 Å². The summed E-state index contributed by atoms with van der Waals surface area (Å²) in [6.07, 6.45) is 0. The molecule has 5 heteroatoms. The van der Waals surface area contributed by atoms with E-state index in [-0.39, 0.29) is 5.75 Å². The van der Waals surface area contributed by atoms with Crippen LogP contribution in [-0.2, 0) is 0 Å². The summed E-state index contributed by atoms with van der Waals surface area (Å²) in [4.78, 5) is 0. The number of rotatable bonds is 2. The van der Waals surface area contributed by atoms with E-state index in [1.54, 1.807) is 24.3 Å². The lowest BCUT2D eigenvalue weighted by Crippen LogP contribution is -2.00. The van der Waals surface area contributed by atoms with Crippen molar-refractivity contribution in [3.05, 3.63) is 35.9 Å². The molecule has 0 fully saturated rings.